The molecule has 1 atom stereocenters. The summed E-state index contributed by atoms with van der Waals surface area (Å²) in [5, 5.41) is 11.4. The molecule has 1 unspecified atom stereocenters. The molecule has 2 heterocycles. The van der Waals surface area contributed by atoms with E-state index in [1.54, 1.807) is 29.2 Å². The number of ketones is 1. The van der Waals surface area contributed by atoms with Crippen molar-refractivity contribution in [2.45, 2.75) is 52.0 Å². The summed E-state index contributed by atoms with van der Waals surface area (Å²) in [4.78, 5) is 30.6. The number of Topliss-reactive ketones (excluding diaryl/α,β-unsaturated/α-hetero) is 1. The van der Waals surface area contributed by atoms with Crippen molar-refractivity contribution in [1.29, 1.82) is 0 Å². The fourth-order valence-electron chi connectivity index (χ4n) is 5.03. The van der Waals surface area contributed by atoms with Crippen molar-refractivity contribution in [3.63, 3.8) is 0 Å². The summed E-state index contributed by atoms with van der Waals surface area (Å²) in [6.07, 6.45) is 4.72. The molecule has 0 saturated carbocycles. The van der Waals surface area contributed by atoms with E-state index in [2.05, 4.69) is 18.7 Å². The number of carbonyl (C=O) groups excluding carboxylic acids is 2. The minimum absolute atomic E-state index is 0.107. The molecule has 2 fully saturated rings. The van der Waals surface area contributed by atoms with Crippen molar-refractivity contribution in [3.8, 4) is 11.5 Å². The van der Waals surface area contributed by atoms with E-state index in [1.165, 1.54) is 0 Å². The maximum atomic E-state index is 13.4. The summed E-state index contributed by atoms with van der Waals surface area (Å²) in [5.74, 6) is 0.00283. The molecule has 0 radical (unpaired) electrons. The number of hydrogen-bond donors (Lipinski definition) is 1. The summed E-state index contributed by atoms with van der Waals surface area (Å²) < 4.78 is 17.0. The third-order valence-corrected chi connectivity index (χ3v) is 7.37. The number of nitrogens with zero attached hydrogens (tertiary/aromatic N) is 2. The number of amides is 1. The van der Waals surface area contributed by atoms with Gasteiger partial charge >= 0.3 is 0 Å². The van der Waals surface area contributed by atoms with Crippen LogP contribution in [0.2, 0.25) is 0 Å². The van der Waals surface area contributed by atoms with Crippen molar-refractivity contribution >= 4 is 17.4 Å². The Bertz CT molecular complexity index is 1140. The zero-order chi connectivity index (χ0) is 28.3. The molecular formula is C32H42N2O6. The van der Waals surface area contributed by atoms with E-state index >= 15 is 0 Å². The van der Waals surface area contributed by atoms with Crippen molar-refractivity contribution in [2.75, 3.05) is 52.6 Å². The van der Waals surface area contributed by atoms with Crippen LogP contribution in [0.15, 0.2) is 54.1 Å². The van der Waals surface area contributed by atoms with E-state index in [1.807, 2.05) is 24.3 Å². The number of unbranched alkanes of at least 4 members (excludes halogenated alkanes) is 2. The predicted octanol–water partition coefficient (Wildman–Crippen LogP) is 5.19. The monoisotopic (exact) mass is 550 g/mol. The van der Waals surface area contributed by atoms with Gasteiger partial charge in [0.1, 0.15) is 17.3 Å². The number of ether oxygens (including phenoxy) is 3. The first-order chi connectivity index (χ1) is 19.5. The quantitative estimate of drug-likeness (QED) is 0.150. The summed E-state index contributed by atoms with van der Waals surface area (Å²) in [5.41, 5.74) is 1.34. The number of rotatable bonds is 14. The first-order valence-electron chi connectivity index (χ1n) is 14.6. The number of likely N-dealkylation sites (tertiary alicyclic amines) is 1. The van der Waals surface area contributed by atoms with Gasteiger partial charge in [0.2, 0.25) is 0 Å². The Hall–Kier alpha value is -3.36. The zero-order valence-electron chi connectivity index (χ0n) is 23.8. The Kier molecular flexibility index (Phi) is 11.0. The topological polar surface area (TPSA) is 88.5 Å². The second-order valence-corrected chi connectivity index (χ2v) is 10.3. The third kappa shape index (κ3) is 7.43. The normalized spacial score (nSPS) is 19.2. The lowest BCUT2D eigenvalue weighted by Gasteiger charge is -2.29. The molecule has 0 spiro atoms. The van der Waals surface area contributed by atoms with E-state index in [9.17, 15) is 14.7 Å². The maximum absolute atomic E-state index is 13.4. The highest BCUT2D eigenvalue weighted by Crippen LogP contribution is 2.40. The fraction of sp³-hybridized carbons (Fsp3) is 0.500. The van der Waals surface area contributed by atoms with Crippen LogP contribution in [0.1, 0.15) is 63.1 Å². The predicted molar refractivity (Wildman–Crippen MR) is 155 cm³/mol. The molecule has 0 aromatic heterocycles. The Balaban J connectivity index is 1.60. The summed E-state index contributed by atoms with van der Waals surface area (Å²) >= 11 is 0. The minimum Gasteiger partial charge on any atom is -0.507 e. The molecule has 2 aromatic carbocycles. The van der Waals surface area contributed by atoms with Crippen LogP contribution >= 0.6 is 0 Å². The third-order valence-electron chi connectivity index (χ3n) is 7.37. The van der Waals surface area contributed by atoms with Gasteiger partial charge in [0, 0.05) is 31.7 Å². The van der Waals surface area contributed by atoms with Crippen LogP contribution in [0.4, 0.5) is 0 Å². The standard InChI is InChI=1S/C32H42N2O6/c1-3-5-20-39-26-12-8-24(9-13-26)29-28(30(35)25-10-14-27(15-11-25)40-21-6-4-2)31(36)32(37)34(29)17-7-16-33-18-22-38-23-19-33/h8-15,29,35H,3-7,16-23H2,1-2H3. The SMILES string of the molecule is CCCCOc1ccc(C(O)=C2C(=O)C(=O)N(CCCN3CCOCC3)C2c2ccc(OCCCC)cc2)cc1. The molecule has 2 aliphatic heterocycles. The van der Waals surface area contributed by atoms with Gasteiger partial charge in [-0.15, -0.1) is 0 Å². The average molecular weight is 551 g/mol. The second kappa shape index (κ2) is 14.9. The maximum Gasteiger partial charge on any atom is 0.295 e. The van der Waals surface area contributed by atoms with Gasteiger partial charge in [-0.2, -0.15) is 0 Å². The van der Waals surface area contributed by atoms with E-state index < -0.39 is 17.7 Å². The van der Waals surface area contributed by atoms with E-state index in [4.69, 9.17) is 14.2 Å². The van der Waals surface area contributed by atoms with Crippen molar-refractivity contribution < 1.29 is 28.9 Å². The summed E-state index contributed by atoms with van der Waals surface area (Å²) in [6, 6.07) is 13.8. The first-order valence-corrected chi connectivity index (χ1v) is 14.6. The van der Waals surface area contributed by atoms with E-state index in [0.717, 1.165) is 56.6 Å². The van der Waals surface area contributed by atoms with Crippen molar-refractivity contribution in [2.24, 2.45) is 0 Å². The van der Waals surface area contributed by atoms with E-state index in [0.29, 0.717) is 50.7 Å². The molecule has 0 aliphatic carbocycles. The highest BCUT2D eigenvalue weighted by atomic mass is 16.5. The molecule has 1 amide bonds. The number of aliphatic hydroxyl groups excluding tert-OH is 1. The van der Waals surface area contributed by atoms with Crippen LogP contribution < -0.4 is 9.47 Å². The molecular weight excluding hydrogens is 508 g/mol. The van der Waals surface area contributed by atoms with Gasteiger partial charge in [0.05, 0.1) is 38.0 Å². The molecule has 2 aromatic rings. The Morgan fingerprint density at radius 2 is 1.43 bits per heavy atom. The van der Waals surface area contributed by atoms with Crippen LogP contribution in [0.3, 0.4) is 0 Å². The Labute approximate surface area is 237 Å². The smallest absolute Gasteiger partial charge is 0.295 e. The van der Waals surface area contributed by atoms with Crippen molar-refractivity contribution in [3.05, 3.63) is 65.2 Å². The number of aliphatic hydroxyl groups is 1. The molecule has 1 N–H and O–H groups in total. The van der Waals surface area contributed by atoms with Gasteiger partial charge in [0.15, 0.2) is 0 Å². The lowest BCUT2D eigenvalue weighted by molar-refractivity contribution is -0.140. The Morgan fingerprint density at radius 3 is 2.00 bits per heavy atom. The summed E-state index contributed by atoms with van der Waals surface area (Å²) in [6.45, 7) is 9.82. The minimum atomic E-state index is -0.685. The Morgan fingerprint density at radius 1 is 0.850 bits per heavy atom. The summed E-state index contributed by atoms with van der Waals surface area (Å²) in [7, 11) is 0. The highest BCUT2D eigenvalue weighted by molar-refractivity contribution is 6.46. The van der Waals surface area contributed by atoms with Gasteiger partial charge < -0.3 is 24.2 Å². The zero-order valence-corrected chi connectivity index (χ0v) is 23.8. The second-order valence-electron chi connectivity index (χ2n) is 10.3. The van der Waals surface area contributed by atoms with Gasteiger partial charge in [-0.3, -0.25) is 14.5 Å². The molecule has 40 heavy (non-hydrogen) atoms. The van der Waals surface area contributed by atoms with Crippen LogP contribution in [0.25, 0.3) is 5.76 Å². The molecule has 216 valence electrons. The molecule has 4 rings (SSSR count). The van der Waals surface area contributed by atoms with Crippen molar-refractivity contribution in [1.82, 2.24) is 9.80 Å². The molecule has 8 heteroatoms. The van der Waals surface area contributed by atoms with Gasteiger partial charge in [-0.05, 0) is 61.2 Å². The van der Waals surface area contributed by atoms with Crippen LogP contribution in [0, 0.1) is 0 Å². The molecule has 2 aliphatic rings. The lowest BCUT2D eigenvalue weighted by atomic mass is 9.95. The average Bonchev–Trinajstić information content (AvgIpc) is 3.23. The van der Waals surface area contributed by atoms with Gasteiger partial charge in [-0.25, -0.2) is 0 Å². The highest BCUT2D eigenvalue weighted by Gasteiger charge is 2.45. The van der Waals surface area contributed by atoms with Crippen LogP contribution in [-0.4, -0.2) is 79.2 Å². The number of carbonyl (C=O) groups is 2. The van der Waals surface area contributed by atoms with Gasteiger partial charge in [0.25, 0.3) is 11.7 Å². The van der Waals surface area contributed by atoms with Gasteiger partial charge in [-0.1, -0.05) is 38.8 Å². The molecule has 8 nitrogen and oxygen atoms in total. The molecule has 0 bridgehead atoms. The number of benzene rings is 2. The number of hydrogen-bond acceptors (Lipinski definition) is 7. The van der Waals surface area contributed by atoms with Crippen LogP contribution in [0.5, 0.6) is 11.5 Å². The first kappa shape index (κ1) is 29.6. The molecule has 2 saturated heterocycles. The number of morpholine rings is 1. The fourth-order valence-corrected chi connectivity index (χ4v) is 5.03. The largest absolute Gasteiger partial charge is 0.507 e. The lowest BCUT2D eigenvalue weighted by Crippen LogP contribution is -2.38. The van der Waals surface area contributed by atoms with Crippen LogP contribution in [-0.2, 0) is 14.3 Å². The van der Waals surface area contributed by atoms with E-state index in [-0.39, 0.29) is 11.3 Å².